The Hall–Kier alpha value is -3.20. The number of fused-ring (bicyclic) bond motifs is 7. The first kappa shape index (κ1) is 27.4. The van der Waals surface area contributed by atoms with Crippen LogP contribution in [0.5, 0.6) is 5.19 Å². The van der Waals surface area contributed by atoms with Crippen LogP contribution in [-0.2, 0) is 4.79 Å². The predicted molar refractivity (Wildman–Crippen MR) is 167 cm³/mol. The molecular formula is C35H38N3O4S+. The summed E-state index contributed by atoms with van der Waals surface area (Å²) in [6, 6.07) is 18.0. The van der Waals surface area contributed by atoms with Crippen LogP contribution in [0.25, 0.3) is 10.2 Å². The lowest BCUT2D eigenvalue weighted by Crippen LogP contribution is -2.62. The van der Waals surface area contributed by atoms with Gasteiger partial charge in [0.2, 0.25) is 11.5 Å². The van der Waals surface area contributed by atoms with Crippen molar-refractivity contribution in [1.82, 2.24) is 4.98 Å². The maximum Gasteiger partial charge on any atom is 0.274 e. The molecule has 8 atom stereocenters. The number of para-hydroxylation sites is 2. The zero-order valence-electron chi connectivity index (χ0n) is 24.6. The Bertz CT molecular complexity index is 1680. The van der Waals surface area contributed by atoms with E-state index in [1.807, 2.05) is 54.1 Å². The number of carbonyl (C=O) groups excluding carboxylic acids is 1. The second kappa shape index (κ2) is 9.65. The highest BCUT2D eigenvalue weighted by molar-refractivity contribution is 7.20. The molecule has 1 aliphatic heterocycles. The van der Waals surface area contributed by atoms with Crippen LogP contribution in [0, 0.1) is 34.5 Å². The summed E-state index contributed by atoms with van der Waals surface area (Å²) in [4.78, 5) is 18.2. The van der Waals surface area contributed by atoms with Gasteiger partial charge in [-0.25, -0.2) is 4.98 Å². The van der Waals surface area contributed by atoms with Crippen molar-refractivity contribution in [3.8, 4) is 5.19 Å². The number of aromatic nitrogens is 1. The summed E-state index contributed by atoms with van der Waals surface area (Å²) in [7, 11) is 0. The molecule has 4 aliphatic carbocycles. The molecule has 0 bridgehead atoms. The summed E-state index contributed by atoms with van der Waals surface area (Å²) in [5, 5.41) is 29.4. The van der Waals surface area contributed by atoms with E-state index in [0.29, 0.717) is 18.0 Å². The molecular weight excluding hydrogens is 558 g/mol. The average Bonchev–Trinajstić information content (AvgIpc) is 3.68. The molecule has 3 aromatic rings. The van der Waals surface area contributed by atoms with Gasteiger partial charge in [-0.2, -0.15) is 0 Å². The van der Waals surface area contributed by atoms with Gasteiger partial charge in [0.05, 0.1) is 22.2 Å². The fourth-order valence-electron chi connectivity index (χ4n) is 9.73. The number of allylic oxidation sites excluding steroid dienone is 2. The van der Waals surface area contributed by atoms with Crippen LogP contribution in [0.15, 0.2) is 71.3 Å². The molecule has 0 spiro atoms. The van der Waals surface area contributed by atoms with Gasteiger partial charge >= 0.3 is 0 Å². The third-order valence-electron chi connectivity index (χ3n) is 11.8. The van der Waals surface area contributed by atoms with Crippen LogP contribution in [0.4, 0.5) is 5.69 Å². The van der Waals surface area contributed by atoms with Crippen molar-refractivity contribution in [2.24, 2.45) is 39.6 Å². The van der Waals surface area contributed by atoms with E-state index >= 15 is 0 Å². The Morgan fingerprint density at radius 1 is 1.09 bits per heavy atom. The molecule has 43 heavy (non-hydrogen) atoms. The van der Waals surface area contributed by atoms with Crippen LogP contribution in [0.3, 0.4) is 0 Å². The Morgan fingerprint density at radius 2 is 1.88 bits per heavy atom. The predicted octanol–water partition coefficient (Wildman–Crippen LogP) is 5.92. The molecule has 7 nitrogen and oxygen atoms in total. The summed E-state index contributed by atoms with van der Waals surface area (Å²) < 4.78 is 8.87. The van der Waals surface area contributed by atoms with Crippen LogP contribution < -0.4 is 4.74 Å². The number of Topliss-reactive ketones (excluding diaryl/α,β-unsaturated/α-hetero) is 1. The first-order valence-corrected chi connectivity index (χ1v) is 16.4. The summed E-state index contributed by atoms with van der Waals surface area (Å²) in [6.45, 7) is 4.17. The molecule has 2 heterocycles. The van der Waals surface area contributed by atoms with Crippen LogP contribution >= 0.6 is 11.3 Å². The lowest BCUT2D eigenvalue weighted by molar-refractivity contribution is -0.437. The molecule has 3 fully saturated rings. The van der Waals surface area contributed by atoms with E-state index in [4.69, 9.17) is 9.84 Å². The Morgan fingerprint density at radius 3 is 2.70 bits per heavy atom. The molecule has 0 saturated heterocycles. The van der Waals surface area contributed by atoms with Gasteiger partial charge < -0.3 is 14.9 Å². The van der Waals surface area contributed by atoms with E-state index in [-0.39, 0.29) is 41.5 Å². The van der Waals surface area contributed by atoms with Crippen molar-refractivity contribution < 1.29 is 24.4 Å². The van der Waals surface area contributed by atoms with Crippen molar-refractivity contribution in [2.45, 2.75) is 64.1 Å². The minimum atomic E-state index is -1.53. The number of hydrogen-bond donors (Lipinski definition) is 2. The maximum atomic E-state index is 13.7. The molecule has 2 N–H and O–H groups in total. The van der Waals surface area contributed by atoms with Gasteiger partial charge in [0, 0.05) is 22.6 Å². The first-order valence-electron chi connectivity index (χ1n) is 15.6. The number of benzene rings is 2. The number of thiazole rings is 1. The van der Waals surface area contributed by atoms with Crippen LogP contribution in [0.1, 0.15) is 52.4 Å². The Labute approximate surface area is 255 Å². The lowest BCUT2D eigenvalue weighted by atomic mass is 9.45. The molecule has 0 amide bonds. The number of aliphatic hydroxyl groups is 2. The van der Waals surface area contributed by atoms with E-state index < -0.39 is 17.1 Å². The van der Waals surface area contributed by atoms with Gasteiger partial charge in [-0.05, 0) is 79.9 Å². The molecule has 7 unspecified atom stereocenters. The van der Waals surface area contributed by atoms with Gasteiger partial charge in [-0.1, -0.05) is 65.8 Å². The second-order valence-corrected chi connectivity index (χ2v) is 14.8. The third kappa shape index (κ3) is 3.99. The summed E-state index contributed by atoms with van der Waals surface area (Å²) >= 11 is 1.41. The quantitative estimate of drug-likeness (QED) is 0.357. The van der Waals surface area contributed by atoms with E-state index in [2.05, 4.69) is 36.3 Å². The Balaban J connectivity index is 1.04. The van der Waals surface area contributed by atoms with E-state index in [1.54, 1.807) is 0 Å². The van der Waals surface area contributed by atoms with Crippen LogP contribution in [0.2, 0.25) is 0 Å². The van der Waals surface area contributed by atoms with E-state index in [0.717, 1.165) is 47.3 Å². The van der Waals surface area contributed by atoms with Gasteiger partial charge in [0.15, 0.2) is 12.8 Å². The number of nitrogens with zero attached hydrogens (tertiary/aromatic N) is 3. The van der Waals surface area contributed by atoms with E-state index in [9.17, 15) is 15.0 Å². The van der Waals surface area contributed by atoms with Gasteiger partial charge in [-0.15, -0.1) is 0 Å². The second-order valence-electron chi connectivity index (χ2n) is 13.8. The SMILES string of the molecule is CC12CC3C=[N+](c4ccccc4)N=C3C=C1CCC1C2C(O)CC2(C)C1CC[C@]2(O)C(=O)COc1nc2ccccc2s1. The molecule has 222 valence electrons. The van der Waals surface area contributed by atoms with Gasteiger partial charge in [-0.3, -0.25) is 4.79 Å². The molecule has 5 aliphatic rings. The number of hydrazone groups is 1. The van der Waals surface area contributed by atoms with Crippen molar-refractivity contribution in [1.29, 1.82) is 0 Å². The van der Waals surface area contributed by atoms with Crippen molar-refractivity contribution in [3.05, 3.63) is 66.2 Å². The molecule has 0 radical (unpaired) electrons. The smallest absolute Gasteiger partial charge is 0.274 e. The Kier molecular flexibility index (Phi) is 6.14. The number of ketones is 1. The van der Waals surface area contributed by atoms with Crippen molar-refractivity contribution in [2.75, 3.05) is 6.61 Å². The number of carbonyl (C=O) groups is 1. The normalized spacial score (nSPS) is 37.9. The van der Waals surface area contributed by atoms with Gasteiger partial charge in [0.1, 0.15) is 11.3 Å². The number of rotatable bonds is 5. The van der Waals surface area contributed by atoms with Crippen molar-refractivity contribution >= 4 is 45.0 Å². The highest BCUT2D eigenvalue weighted by Crippen LogP contribution is 2.68. The molecule has 8 heteroatoms. The fraction of sp³-hybridized carbons (Fsp3) is 0.486. The monoisotopic (exact) mass is 596 g/mol. The van der Waals surface area contributed by atoms with Crippen molar-refractivity contribution in [3.63, 3.8) is 0 Å². The highest BCUT2D eigenvalue weighted by Gasteiger charge is 2.68. The fourth-order valence-corrected chi connectivity index (χ4v) is 10.5. The highest BCUT2D eigenvalue weighted by atomic mass is 32.1. The lowest BCUT2D eigenvalue weighted by Gasteiger charge is -2.60. The first-order chi connectivity index (χ1) is 20.7. The summed E-state index contributed by atoms with van der Waals surface area (Å²) in [5.74, 6) is 0.398. The zero-order chi connectivity index (χ0) is 29.6. The molecule has 3 saturated carbocycles. The third-order valence-corrected chi connectivity index (χ3v) is 12.7. The maximum absolute atomic E-state index is 13.7. The van der Waals surface area contributed by atoms with E-state index in [1.165, 1.54) is 16.9 Å². The number of hydrogen-bond acceptors (Lipinski definition) is 7. The van der Waals surface area contributed by atoms with Crippen LogP contribution in [-0.4, -0.2) is 55.9 Å². The summed E-state index contributed by atoms with van der Waals surface area (Å²) in [5.41, 5.74) is 2.01. The minimum absolute atomic E-state index is 0.0859. The zero-order valence-corrected chi connectivity index (χ0v) is 25.5. The minimum Gasteiger partial charge on any atom is -0.462 e. The number of ether oxygens (including phenoxy) is 1. The largest absolute Gasteiger partial charge is 0.462 e. The summed E-state index contributed by atoms with van der Waals surface area (Å²) in [6.07, 6.45) is 8.37. The topological polar surface area (TPSA) is 95.0 Å². The molecule has 2 aromatic carbocycles. The standard InChI is InChI=1S/C35H38N3O4S/c1-33-17-21-19-38(23-8-4-3-5-9-23)37-27(21)16-22(33)12-13-24-25-14-15-35(41,34(25,2)18-28(39)31(24)33)30(40)20-42-32-36-26-10-6-7-11-29(26)43-32/h3-11,16,19,21,24-25,28,31,39,41H,12-15,17-18,20H2,1-2H3/q+1/t21?,24?,25?,28?,31?,33?,34?,35-/m0/s1. The molecule has 8 rings (SSSR count). The number of aliphatic hydroxyl groups excluding tert-OH is 1. The van der Waals surface area contributed by atoms with Gasteiger partial charge in [0.25, 0.3) is 5.19 Å². The average molecular weight is 597 g/mol. The molecule has 1 aromatic heterocycles.